The minimum Gasteiger partial charge on any atom is -0.480 e. The average Bonchev–Trinajstić information content (AvgIpc) is 3.00. The summed E-state index contributed by atoms with van der Waals surface area (Å²) in [5.41, 5.74) is -1.38. The van der Waals surface area contributed by atoms with Gasteiger partial charge in [-0.2, -0.15) is 0 Å². The van der Waals surface area contributed by atoms with E-state index < -0.39 is 17.2 Å². The van der Waals surface area contributed by atoms with E-state index in [4.69, 9.17) is 5.11 Å². The Morgan fingerprint density at radius 1 is 1.47 bits per heavy atom. The molecule has 0 saturated heterocycles. The van der Waals surface area contributed by atoms with Crippen molar-refractivity contribution in [3.63, 3.8) is 0 Å². The maximum Gasteiger partial charge on any atom is 0.342 e. The lowest BCUT2D eigenvalue weighted by atomic mass is 10.3. The Balaban J connectivity index is 2.26. The van der Waals surface area contributed by atoms with Gasteiger partial charge >= 0.3 is 11.7 Å². The summed E-state index contributed by atoms with van der Waals surface area (Å²) >= 11 is 0. The summed E-state index contributed by atoms with van der Waals surface area (Å²) in [7, 11) is 0. The zero-order valence-electron chi connectivity index (χ0n) is 8.97. The lowest BCUT2D eigenvalue weighted by Crippen LogP contribution is -2.38. The van der Waals surface area contributed by atoms with Crippen molar-refractivity contribution in [3.05, 3.63) is 20.8 Å². The number of carboxylic acids is 1. The number of hydrogen-bond acceptors (Lipinski definition) is 5. The number of nitrogens with one attached hydrogen (secondary N) is 2. The van der Waals surface area contributed by atoms with E-state index in [1.807, 2.05) is 4.98 Å². The van der Waals surface area contributed by atoms with Gasteiger partial charge in [0.2, 0.25) is 5.82 Å². The van der Waals surface area contributed by atoms with Gasteiger partial charge in [-0.15, -0.1) is 5.10 Å². The number of aromatic amines is 2. The van der Waals surface area contributed by atoms with Gasteiger partial charge < -0.3 is 10.0 Å². The number of rotatable bonds is 5. The molecule has 1 aromatic rings. The van der Waals surface area contributed by atoms with Crippen molar-refractivity contribution >= 4 is 11.8 Å². The molecule has 1 heterocycles. The van der Waals surface area contributed by atoms with Crippen molar-refractivity contribution in [2.45, 2.75) is 12.8 Å². The molecule has 0 aromatic carbocycles. The summed E-state index contributed by atoms with van der Waals surface area (Å²) in [6.45, 7) is 0.160. The van der Waals surface area contributed by atoms with Gasteiger partial charge in [0.15, 0.2) is 0 Å². The van der Waals surface area contributed by atoms with Crippen molar-refractivity contribution in [1.29, 1.82) is 0 Å². The third-order valence-electron chi connectivity index (χ3n) is 2.49. The number of aliphatic carboxylic acids is 1. The molecule has 17 heavy (non-hydrogen) atoms. The molecule has 2 rings (SSSR count). The van der Waals surface area contributed by atoms with Crippen molar-refractivity contribution in [2.75, 3.05) is 18.0 Å². The molecule has 0 aliphatic heterocycles. The molecule has 0 bridgehead atoms. The molecule has 92 valence electrons. The molecule has 8 nitrogen and oxygen atoms in total. The number of carbonyl (C=O) groups is 1. The largest absolute Gasteiger partial charge is 0.480 e. The van der Waals surface area contributed by atoms with E-state index >= 15 is 0 Å². The zero-order chi connectivity index (χ0) is 12.4. The minimum atomic E-state index is -1.04. The minimum absolute atomic E-state index is 0.0566. The van der Waals surface area contributed by atoms with Crippen molar-refractivity contribution in [2.24, 2.45) is 5.92 Å². The van der Waals surface area contributed by atoms with E-state index in [-0.39, 0.29) is 12.4 Å². The van der Waals surface area contributed by atoms with Crippen LogP contribution in [0, 0.1) is 5.92 Å². The maximum absolute atomic E-state index is 11.5. The lowest BCUT2D eigenvalue weighted by Gasteiger charge is -2.19. The smallest absolute Gasteiger partial charge is 0.342 e. The standard InChI is InChI=1S/C9H12N4O4/c14-6(15)4-13(3-5-1-2-5)7-8(16)10-9(17)12-11-7/h5H,1-4H2,(H,14,15)(H2,10,12,16,17). The SMILES string of the molecule is O=C(O)CN(CC1CC1)c1n[nH]c(=O)[nH]c1=O. The van der Waals surface area contributed by atoms with Gasteiger partial charge in [-0.1, -0.05) is 0 Å². The molecular formula is C9H12N4O4. The topological polar surface area (TPSA) is 119 Å². The molecule has 1 aromatic heterocycles. The molecule has 3 N–H and O–H groups in total. The number of carboxylic acid groups (broad SMARTS) is 1. The molecule has 0 atom stereocenters. The second kappa shape index (κ2) is 4.40. The van der Waals surface area contributed by atoms with Gasteiger partial charge in [-0.05, 0) is 18.8 Å². The van der Waals surface area contributed by atoms with Gasteiger partial charge in [0.1, 0.15) is 6.54 Å². The summed E-state index contributed by atoms with van der Waals surface area (Å²) in [5.74, 6) is -0.695. The van der Waals surface area contributed by atoms with Crippen molar-refractivity contribution in [1.82, 2.24) is 15.2 Å². The fourth-order valence-electron chi connectivity index (χ4n) is 1.56. The summed E-state index contributed by atoms with van der Waals surface area (Å²) in [5, 5.41) is 14.5. The van der Waals surface area contributed by atoms with Gasteiger partial charge in [0.05, 0.1) is 0 Å². The highest BCUT2D eigenvalue weighted by Crippen LogP contribution is 2.30. The molecule has 0 radical (unpaired) electrons. The highest BCUT2D eigenvalue weighted by molar-refractivity contribution is 5.73. The summed E-state index contributed by atoms with van der Waals surface area (Å²) < 4.78 is 0. The monoisotopic (exact) mass is 240 g/mol. The first-order valence-corrected chi connectivity index (χ1v) is 5.22. The predicted molar refractivity (Wildman–Crippen MR) is 58.1 cm³/mol. The molecule has 8 heteroatoms. The Morgan fingerprint density at radius 3 is 2.71 bits per heavy atom. The van der Waals surface area contributed by atoms with E-state index in [0.29, 0.717) is 12.5 Å². The maximum atomic E-state index is 11.5. The molecule has 0 spiro atoms. The first kappa shape index (κ1) is 11.4. The van der Waals surface area contributed by atoms with Gasteiger partial charge in [0.25, 0.3) is 5.56 Å². The van der Waals surface area contributed by atoms with Crippen LogP contribution in [0.4, 0.5) is 5.82 Å². The lowest BCUT2D eigenvalue weighted by molar-refractivity contribution is -0.135. The number of anilines is 1. The van der Waals surface area contributed by atoms with Crippen molar-refractivity contribution < 1.29 is 9.90 Å². The second-order valence-corrected chi connectivity index (χ2v) is 4.05. The van der Waals surface area contributed by atoms with E-state index in [1.54, 1.807) is 0 Å². The van der Waals surface area contributed by atoms with Gasteiger partial charge in [-0.3, -0.25) is 14.6 Å². The first-order chi connectivity index (χ1) is 8.06. The van der Waals surface area contributed by atoms with E-state index in [1.165, 1.54) is 4.90 Å². The molecule has 1 aliphatic carbocycles. The highest BCUT2D eigenvalue weighted by atomic mass is 16.4. The number of aromatic nitrogens is 3. The molecule has 0 unspecified atom stereocenters. The summed E-state index contributed by atoms with van der Waals surface area (Å²) in [6, 6.07) is 0. The predicted octanol–water partition coefficient (Wildman–Crippen LogP) is -1.24. The Morgan fingerprint density at radius 2 is 2.18 bits per heavy atom. The van der Waals surface area contributed by atoms with Crippen LogP contribution in [0.2, 0.25) is 0 Å². The quantitative estimate of drug-likeness (QED) is 0.592. The molecule has 1 aliphatic rings. The third-order valence-corrected chi connectivity index (χ3v) is 2.49. The number of hydrogen-bond donors (Lipinski definition) is 3. The molecule has 1 fully saturated rings. The van der Waals surface area contributed by atoms with Gasteiger partial charge in [0, 0.05) is 6.54 Å². The van der Waals surface area contributed by atoms with E-state index in [9.17, 15) is 14.4 Å². The Hall–Kier alpha value is -2.12. The highest BCUT2D eigenvalue weighted by Gasteiger charge is 2.27. The van der Waals surface area contributed by atoms with E-state index in [2.05, 4.69) is 10.2 Å². The average molecular weight is 240 g/mol. The Bertz CT molecular complexity index is 530. The van der Waals surface area contributed by atoms with Crippen LogP contribution in [0.1, 0.15) is 12.8 Å². The normalized spacial score (nSPS) is 14.6. The van der Waals surface area contributed by atoms with Crippen LogP contribution >= 0.6 is 0 Å². The molecule has 0 amide bonds. The Kier molecular flexibility index (Phi) is 2.94. The van der Waals surface area contributed by atoms with Crippen LogP contribution < -0.4 is 16.1 Å². The van der Waals surface area contributed by atoms with Crippen LogP contribution in [-0.4, -0.2) is 39.3 Å². The number of H-pyrrole nitrogens is 2. The molecular weight excluding hydrogens is 228 g/mol. The van der Waals surface area contributed by atoms with Crippen LogP contribution in [0.25, 0.3) is 0 Å². The zero-order valence-corrected chi connectivity index (χ0v) is 8.97. The van der Waals surface area contributed by atoms with Crippen LogP contribution in [0.5, 0.6) is 0 Å². The molecule has 1 saturated carbocycles. The summed E-state index contributed by atoms with van der Waals surface area (Å²) in [4.78, 5) is 36.4. The fraction of sp³-hybridized carbons (Fsp3) is 0.556. The summed E-state index contributed by atoms with van der Waals surface area (Å²) in [6.07, 6.45) is 2.05. The van der Waals surface area contributed by atoms with Crippen LogP contribution in [-0.2, 0) is 4.79 Å². The van der Waals surface area contributed by atoms with Gasteiger partial charge in [-0.25, -0.2) is 9.89 Å². The Labute approximate surface area is 95.3 Å². The fourth-order valence-corrected chi connectivity index (χ4v) is 1.56. The van der Waals surface area contributed by atoms with Crippen LogP contribution in [0.3, 0.4) is 0 Å². The van der Waals surface area contributed by atoms with Crippen molar-refractivity contribution in [3.8, 4) is 0 Å². The van der Waals surface area contributed by atoms with Crippen LogP contribution in [0.15, 0.2) is 9.59 Å². The second-order valence-electron chi connectivity index (χ2n) is 4.05. The first-order valence-electron chi connectivity index (χ1n) is 5.22. The third kappa shape index (κ3) is 2.92. The number of nitrogens with zero attached hydrogens (tertiary/aromatic N) is 2. The van der Waals surface area contributed by atoms with E-state index in [0.717, 1.165) is 12.8 Å².